The van der Waals surface area contributed by atoms with Crippen molar-refractivity contribution >= 4 is 11.8 Å². The molecule has 0 radical (unpaired) electrons. The van der Waals surface area contributed by atoms with Crippen molar-refractivity contribution in [3.05, 3.63) is 30.1 Å². The molecule has 5 nitrogen and oxygen atoms in total. The maximum atomic E-state index is 13.5. The number of ether oxygens (including phenoxy) is 1. The Kier molecular flexibility index (Phi) is 6.39. The predicted molar refractivity (Wildman–Crippen MR) is 93.7 cm³/mol. The molecule has 2 amide bonds. The Hall–Kier alpha value is -2.11. The molecule has 0 spiro atoms. The van der Waals surface area contributed by atoms with Crippen LogP contribution < -0.4 is 4.74 Å². The van der Waals surface area contributed by atoms with E-state index in [-0.39, 0.29) is 29.6 Å². The summed E-state index contributed by atoms with van der Waals surface area (Å²) in [5, 5.41) is 0. The van der Waals surface area contributed by atoms with Crippen molar-refractivity contribution in [1.82, 2.24) is 9.80 Å². The third kappa shape index (κ3) is 6.03. The Bertz CT molecular complexity index is 613. The molecule has 1 aromatic carbocycles. The fourth-order valence-electron chi connectivity index (χ4n) is 2.77. The van der Waals surface area contributed by atoms with Gasteiger partial charge in [0.15, 0.2) is 18.2 Å². The molecular formula is C19H27FN2O3. The van der Waals surface area contributed by atoms with Gasteiger partial charge >= 0.3 is 0 Å². The first-order chi connectivity index (χ1) is 11.8. The van der Waals surface area contributed by atoms with Gasteiger partial charge in [-0.15, -0.1) is 0 Å². The van der Waals surface area contributed by atoms with Crippen molar-refractivity contribution in [3.8, 4) is 5.75 Å². The first-order valence-electron chi connectivity index (χ1n) is 8.69. The van der Waals surface area contributed by atoms with Gasteiger partial charge in [-0.25, -0.2) is 4.39 Å². The molecule has 1 aliphatic heterocycles. The van der Waals surface area contributed by atoms with E-state index < -0.39 is 5.82 Å². The van der Waals surface area contributed by atoms with Crippen LogP contribution >= 0.6 is 0 Å². The van der Waals surface area contributed by atoms with Crippen molar-refractivity contribution < 1.29 is 18.7 Å². The number of amides is 2. The SMILES string of the molecule is CC(C)(C)CC(=O)N1CCCN(C(=O)COc2ccccc2F)CC1. The second-order valence-electron chi connectivity index (χ2n) is 7.57. The summed E-state index contributed by atoms with van der Waals surface area (Å²) in [5.41, 5.74) is -0.0491. The zero-order chi connectivity index (χ0) is 18.4. The fraction of sp³-hybridized carbons (Fsp3) is 0.579. The van der Waals surface area contributed by atoms with Gasteiger partial charge in [0.25, 0.3) is 5.91 Å². The zero-order valence-electron chi connectivity index (χ0n) is 15.3. The van der Waals surface area contributed by atoms with Gasteiger partial charge in [-0.3, -0.25) is 9.59 Å². The number of benzene rings is 1. The average Bonchev–Trinajstić information content (AvgIpc) is 2.78. The molecule has 1 fully saturated rings. The van der Waals surface area contributed by atoms with E-state index in [1.54, 1.807) is 17.0 Å². The van der Waals surface area contributed by atoms with Crippen molar-refractivity contribution in [2.24, 2.45) is 5.41 Å². The summed E-state index contributed by atoms with van der Waals surface area (Å²) in [6, 6.07) is 6.03. The Morgan fingerprint density at radius 3 is 2.24 bits per heavy atom. The minimum absolute atomic E-state index is 0.0491. The Labute approximate surface area is 148 Å². The van der Waals surface area contributed by atoms with Crippen molar-refractivity contribution in [2.45, 2.75) is 33.6 Å². The van der Waals surface area contributed by atoms with Crippen LogP contribution in [0, 0.1) is 11.2 Å². The number of halogens is 1. The lowest BCUT2D eigenvalue weighted by molar-refractivity contribution is -0.135. The summed E-state index contributed by atoms with van der Waals surface area (Å²) in [6.45, 7) is 8.17. The monoisotopic (exact) mass is 350 g/mol. The smallest absolute Gasteiger partial charge is 0.260 e. The maximum Gasteiger partial charge on any atom is 0.260 e. The first-order valence-corrected chi connectivity index (χ1v) is 8.69. The van der Waals surface area contributed by atoms with Crippen LogP contribution in [0.3, 0.4) is 0 Å². The van der Waals surface area contributed by atoms with E-state index in [1.165, 1.54) is 12.1 Å². The highest BCUT2D eigenvalue weighted by Gasteiger charge is 2.25. The lowest BCUT2D eigenvalue weighted by atomic mass is 9.91. The largest absolute Gasteiger partial charge is 0.481 e. The second kappa shape index (κ2) is 8.32. The van der Waals surface area contributed by atoms with Gasteiger partial charge in [0.2, 0.25) is 5.91 Å². The number of nitrogens with zero attached hydrogens (tertiary/aromatic N) is 2. The van der Waals surface area contributed by atoms with Gasteiger partial charge in [-0.05, 0) is 24.0 Å². The van der Waals surface area contributed by atoms with E-state index in [1.807, 2.05) is 25.7 Å². The minimum Gasteiger partial charge on any atom is -0.481 e. The molecular weight excluding hydrogens is 323 g/mol. The van der Waals surface area contributed by atoms with Gasteiger partial charge in [0.1, 0.15) is 0 Å². The van der Waals surface area contributed by atoms with E-state index in [4.69, 9.17) is 4.74 Å². The molecule has 0 atom stereocenters. The van der Waals surface area contributed by atoms with Crippen LogP contribution in [0.2, 0.25) is 0 Å². The quantitative estimate of drug-likeness (QED) is 0.839. The van der Waals surface area contributed by atoms with Gasteiger partial charge in [0, 0.05) is 32.6 Å². The second-order valence-corrected chi connectivity index (χ2v) is 7.57. The summed E-state index contributed by atoms with van der Waals surface area (Å²) in [6.07, 6.45) is 1.23. The topological polar surface area (TPSA) is 49.9 Å². The Morgan fingerprint density at radius 2 is 1.64 bits per heavy atom. The van der Waals surface area contributed by atoms with Crippen molar-refractivity contribution in [1.29, 1.82) is 0 Å². The molecule has 0 aliphatic carbocycles. The van der Waals surface area contributed by atoms with Crippen LogP contribution in [0.5, 0.6) is 5.75 Å². The van der Waals surface area contributed by atoms with Crippen molar-refractivity contribution in [2.75, 3.05) is 32.8 Å². The summed E-state index contributed by atoms with van der Waals surface area (Å²) < 4.78 is 18.8. The minimum atomic E-state index is -0.481. The fourth-order valence-corrected chi connectivity index (χ4v) is 2.77. The Balaban J connectivity index is 1.84. The molecule has 0 saturated carbocycles. The number of hydrogen-bond donors (Lipinski definition) is 0. The zero-order valence-corrected chi connectivity index (χ0v) is 15.3. The van der Waals surface area contributed by atoms with Crippen LogP contribution in [0.4, 0.5) is 4.39 Å². The summed E-state index contributed by atoms with van der Waals surface area (Å²) in [5.74, 6) is -0.462. The molecule has 0 N–H and O–H groups in total. The van der Waals surface area contributed by atoms with E-state index in [2.05, 4.69) is 0 Å². The molecule has 1 heterocycles. The molecule has 0 aromatic heterocycles. The van der Waals surface area contributed by atoms with Crippen LogP contribution in [0.1, 0.15) is 33.6 Å². The predicted octanol–water partition coefficient (Wildman–Crippen LogP) is 2.70. The summed E-state index contributed by atoms with van der Waals surface area (Å²) in [7, 11) is 0. The van der Waals surface area contributed by atoms with Crippen LogP contribution in [-0.4, -0.2) is 54.4 Å². The standard InChI is InChI=1S/C19H27FN2O3/c1-19(2,3)13-17(23)21-9-6-10-22(12-11-21)18(24)14-25-16-8-5-4-7-15(16)20/h4-5,7-8H,6,9-14H2,1-3H3. The van der Waals surface area contributed by atoms with Gasteiger partial charge in [-0.1, -0.05) is 32.9 Å². The highest BCUT2D eigenvalue weighted by atomic mass is 19.1. The molecule has 1 aliphatic rings. The van der Waals surface area contributed by atoms with E-state index >= 15 is 0 Å². The van der Waals surface area contributed by atoms with Crippen molar-refractivity contribution in [3.63, 3.8) is 0 Å². The highest BCUT2D eigenvalue weighted by molar-refractivity contribution is 5.79. The normalized spacial score (nSPS) is 15.7. The van der Waals surface area contributed by atoms with E-state index in [0.29, 0.717) is 32.6 Å². The third-order valence-electron chi connectivity index (χ3n) is 4.07. The van der Waals surface area contributed by atoms with Gasteiger partial charge in [-0.2, -0.15) is 0 Å². The molecule has 1 saturated heterocycles. The first kappa shape index (κ1) is 19.2. The summed E-state index contributed by atoms with van der Waals surface area (Å²) in [4.78, 5) is 28.2. The van der Waals surface area contributed by atoms with Crippen LogP contribution in [-0.2, 0) is 9.59 Å². The molecule has 1 aromatic rings. The van der Waals surface area contributed by atoms with Gasteiger partial charge in [0.05, 0.1) is 0 Å². The molecule has 138 valence electrons. The van der Waals surface area contributed by atoms with Crippen LogP contribution in [0.25, 0.3) is 0 Å². The van der Waals surface area contributed by atoms with Crippen LogP contribution in [0.15, 0.2) is 24.3 Å². The molecule has 0 bridgehead atoms. The molecule has 0 unspecified atom stereocenters. The van der Waals surface area contributed by atoms with Gasteiger partial charge < -0.3 is 14.5 Å². The average molecular weight is 350 g/mol. The van der Waals surface area contributed by atoms with E-state index in [9.17, 15) is 14.0 Å². The maximum absolute atomic E-state index is 13.5. The highest BCUT2D eigenvalue weighted by Crippen LogP contribution is 2.20. The molecule has 25 heavy (non-hydrogen) atoms. The number of carbonyl (C=O) groups is 2. The lowest BCUT2D eigenvalue weighted by Crippen LogP contribution is -2.40. The number of rotatable bonds is 4. The molecule has 6 heteroatoms. The lowest BCUT2D eigenvalue weighted by Gasteiger charge is -2.25. The van der Waals surface area contributed by atoms with E-state index in [0.717, 1.165) is 6.42 Å². The Morgan fingerprint density at radius 1 is 1.04 bits per heavy atom. The third-order valence-corrected chi connectivity index (χ3v) is 4.07. The number of hydrogen-bond acceptors (Lipinski definition) is 3. The summed E-state index contributed by atoms with van der Waals surface area (Å²) >= 11 is 0. The number of para-hydroxylation sites is 1. The number of carbonyl (C=O) groups excluding carboxylic acids is 2. The molecule has 2 rings (SSSR count).